The largest absolute Gasteiger partial charge is 0.480 e. The first-order chi connectivity index (χ1) is 9.42. The Kier molecular flexibility index (Phi) is 5.85. The van der Waals surface area contributed by atoms with Crippen molar-refractivity contribution in [3.05, 3.63) is 24.3 Å². The number of benzene rings is 1. The van der Waals surface area contributed by atoms with Crippen molar-refractivity contribution in [1.29, 1.82) is 0 Å². The molecule has 0 aliphatic rings. The number of urea groups is 1. The number of carboxylic acid groups (broad SMARTS) is 1. The number of hydrogen-bond donors (Lipinski definition) is 4. The lowest BCUT2D eigenvalue weighted by Crippen LogP contribution is -2.45. The zero-order valence-electron chi connectivity index (χ0n) is 10.8. The third kappa shape index (κ3) is 5.19. The molecule has 0 aliphatic heterocycles. The van der Waals surface area contributed by atoms with Gasteiger partial charge in [-0.15, -0.1) is 11.8 Å². The Morgan fingerprint density at radius 1 is 1.40 bits per heavy atom. The fraction of sp³-hybridized carbons (Fsp3) is 0.250. The number of amides is 3. The Bertz CT molecular complexity index is 521. The summed E-state index contributed by atoms with van der Waals surface area (Å²) in [5, 5.41) is 13.5. The van der Waals surface area contributed by atoms with Crippen LogP contribution in [0.5, 0.6) is 0 Å². The molecule has 0 aliphatic carbocycles. The molecule has 0 bridgehead atoms. The molecule has 0 aromatic heterocycles. The molecule has 0 radical (unpaired) electrons. The average Bonchev–Trinajstić information content (AvgIpc) is 2.37. The van der Waals surface area contributed by atoms with Crippen molar-refractivity contribution in [3.8, 4) is 0 Å². The number of thioether (sulfide) groups is 1. The van der Waals surface area contributed by atoms with Crippen LogP contribution in [0, 0.1) is 0 Å². The SMILES string of the molecule is CSc1cccc(NC(=O)N[C@H](CC(N)=O)C(=O)O)c1. The number of carbonyl (C=O) groups excluding carboxylic acids is 2. The summed E-state index contributed by atoms with van der Waals surface area (Å²) >= 11 is 1.51. The molecular weight excluding hydrogens is 282 g/mol. The standard InChI is InChI=1S/C12H15N3O4S/c1-20-8-4-2-3-7(5-8)14-12(19)15-9(11(17)18)6-10(13)16/h2-5,9H,6H2,1H3,(H2,13,16)(H,17,18)(H2,14,15,19)/t9-/m1/s1. The number of rotatable bonds is 6. The van der Waals surface area contributed by atoms with Gasteiger partial charge in [0.15, 0.2) is 0 Å². The summed E-state index contributed by atoms with van der Waals surface area (Å²) in [4.78, 5) is 34.2. The van der Waals surface area contributed by atoms with Gasteiger partial charge in [-0.05, 0) is 24.5 Å². The van der Waals surface area contributed by atoms with E-state index in [0.717, 1.165) is 4.90 Å². The van der Waals surface area contributed by atoms with Crippen LogP contribution in [0.3, 0.4) is 0 Å². The minimum Gasteiger partial charge on any atom is -0.480 e. The zero-order valence-corrected chi connectivity index (χ0v) is 11.6. The van der Waals surface area contributed by atoms with Crippen molar-refractivity contribution in [1.82, 2.24) is 5.32 Å². The minimum atomic E-state index is -1.35. The van der Waals surface area contributed by atoms with Gasteiger partial charge in [-0.3, -0.25) is 4.79 Å². The van der Waals surface area contributed by atoms with Crippen LogP contribution in [0.2, 0.25) is 0 Å². The number of carbonyl (C=O) groups is 3. The van der Waals surface area contributed by atoms with Crippen LogP contribution in [-0.2, 0) is 9.59 Å². The lowest BCUT2D eigenvalue weighted by atomic mass is 10.2. The van der Waals surface area contributed by atoms with Crippen molar-refractivity contribution >= 4 is 35.4 Å². The molecule has 5 N–H and O–H groups in total. The third-order valence-corrected chi connectivity index (χ3v) is 3.06. The molecule has 0 unspecified atom stereocenters. The second-order valence-corrected chi connectivity index (χ2v) is 4.77. The topological polar surface area (TPSA) is 122 Å². The molecule has 0 saturated heterocycles. The van der Waals surface area contributed by atoms with Crippen LogP contribution < -0.4 is 16.4 Å². The summed E-state index contributed by atoms with van der Waals surface area (Å²) < 4.78 is 0. The first-order valence-electron chi connectivity index (χ1n) is 5.65. The Morgan fingerprint density at radius 2 is 2.10 bits per heavy atom. The Hall–Kier alpha value is -2.22. The number of primary amides is 1. The average molecular weight is 297 g/mol. The van der Waals surface area contributed by atoms with E-state index in [1.807, 2.05) is 12.3 Å². The fourth-order valence-corrected chi connectivity index (χ4v) is 1.89. The summed E-state index contributed by atoms with van der Waals surface area (Å²) in [6, 6.07) is 4.99. The molecule has 1 aromatic rings. The molecule has 3 amide bonds. The van der Waals surface area contributed by atoms with E-state index in [0.29, 0.717) is 5.69 Å². The summed E-state index contributed by atoms with van der Waals surface area (Å²) in [5.74, 6) is -2.13. The van der Waals surface area contributed by atoms with Crippen molar-refractivity contribution < 1.29 is 19.5 Å². The highest BCUT2D eigenvalue weighted by Gasteiger charge is 2.22. The van der Waals surface area contributed by atoms with E-state index in [1.165, 1.54) is 11.8 Å². The highest BCUT2D eigenvalue weighted by Crippen LogP contribution is 2.18. The first kappa shape index (κ1) is 15.8. The molecule has 0 heterocycles. The van der Waals surface area contributed by atoms with Gasteiger partial charge in [0.2, 0.25) is 5.91 Å². The summed E-state index contributed by atoms with van der Waals surface area (Å²) in [6.45, 7) is 0. The third-order valence-electron chi connectivity index (χ3n) is 2.34. The van der Waals surface area contributed by atoms with Gasteiger partial charge in [-0.2, -0.15) is 0 Å². The molecule has 108 valence electrons. The number of carboxylic acids is 1. The van der Waals surface area contributed by atoms with Crippen molar-refractivity contribution in [2.75, 3.05) is 11.6 Å². The van der Waals surface area contributed by atoms with E-state index in [-0.39, 0.29) is 0 Å². The Labute approximate surface area is 119 Å². The van der Waals surface area contributed by atoms with E-state index in [1.54, 1.807) is 18.2 Å². The van der Waals surface area contributed by atoms with Gasteiger partial charge < -0.3 is 21.5 Å². The number of hydrogen-bond acceptors (Lipinski definition) is 4. The van der Waals surface area contributed by atoms with Crippen molar-refractivity contribution in [2.24, 2.45) is 5.73 Å². The smallest absolute Gasteiger partial charge is 0.326 e. The molecule has 8 heteroatoms. The fourth-order valence-electron chi connectivity index (χ4n) is 1.43. The molecule has 1 rings (SSSR count). The number of nitrogens with two attached hydrogens (primary N) is 1. The normalized spacial score (nSPS) is 11.4. The minimum absolute atomic E-state index is 0.465. The van der Waals surface area contributed by atoms with Gasteiger partial charge in [-0.25, -0.2) is 9.59 Å². The molecule has 1 aromatic carbocycles. The predicted octanol–water partition coefficient (Wildman–Crippen LogP) is 0.859. The van der Waals surface area contributed by atoms with Crippen LogP contribution in [0.25, 0.3) is 0 Å². The number of anilines is 1. The van der Waals surface area contributed by atoms with Crippen molar-refractivity contribution in [2.45, 2.75) is 17.4 Å². The lowest BCUT2D eigenvalue weighted by molar-refractivity contribution is -0.140. The molecule has 20 heavy (non-hydrogen) atoms. The van der Waals surface area contributed by atoms with Gasteiger partial charge in [-0.1, -0.05) is 6.07 Å². The molecule has 7 nitrogen and oxygen atoms in total. The Balaban J connectivity index is 2.65. The summed E-state index contributed by atoms with van der Waals surface area (Å²) in [6.07, 6.45) is 1.43. The van der Waals surface area contributed by atoms with E-state index >= 15 is 0 Å². The number of aliphatic carboxylic acids is 1. The van der Waals surface area contributed by atoms with Crippen LogP contribution in [-0.4, -0.2) is 35.3 Å². The van der Waals surface area contributed by atoms with E-state index < -0.39 is 30.4 Å². The molecule has 0 spiro atoms. The van der Waals surface area contributed by atoms with E-state index in [4.69, 9.17) is 10.8 Å². The van der Waals surface area contributed by atoms with Gasteiger partial charge in [0.1, 0.15) is 6.04 Å². The highest BCUT2D eigenvalue weighted by atomic mass is 32.2. The van der Waals surface area contributed by atoms with E-state index in [9.17, 15) is 14.4 Å². The monoisotopic (exact) mass is 297 g/mol. The lowest BCUT2D eigenvalue weighted by Gasteiger charge is -2.13. The van der Waals surface area contributed by atoms with Crippen LogP contribution >= 0.6 is 11.8 Å². The second-order valence-electron chi connectivity index (χ2n) is 3.89. The zero-order chi connectivity index (χ0) is 15.1. The molecule has 1 atom stereocenters. The van der Waals surface area contributed by atoms with Crippen LogP contribution in [0.1, 0.15) is 6.42 Å². The van der Waals surface area contributed by atoms with Crippen LogP contribution in [0.15, 0.2) is 29.2 Å². The van der Waals surface area contributed by atoms with Gasteiger partial charge >= 0.3 is 12.0 Å². The molecule has 0 fully saturated rings. The Morgan fingerprint density at radius 3 is 2.65 bits per heavy atom. The highest BCUT2D eigenvalue weighted by molar-refractivity contribution is 7.98. The predicted molar refractivity (Wildman–Crippen MR) is 75.6 cm³/mol. The number of nitrogens with one attached hydrogen (secondary N) is 2. The van der Waals surface area contributed by atoms with Crippen LogP contribution in [0.4, 0.5) is 10.5 Å². The van der Waals surface area contributed by atoms with E-state index in [2.05, 4.69) is 10.6 Å². The van der Waals surface area contributed by atoms with Gasteiger partial charge in [0, 0.05) is 10.6 Å². The molecular formula is C12H15N3O4S. The maximum absolute atomic E-state index is 11.7. The summed E-state index contributed by atoms with van der Waals surface area (Å²) in [5.41, 5.74) is 5.45. The first-order valence-corrected chi connectivity index (χ1v) is 6.87. The van der Waals surface area contributed by atoms with Gasteiger partial charge in [0.05, 0.1) is 6.42 Å². The quantitative estimate of drug-likeness (QED) is 0.580. The second kappa shape index (κ2) is 7.39. The molecule has 0 saturated carbocycles. The van der Waals surface area contributed by atoms with Gasteiger partial charge in [0.25, 0.3) is 0 Å². The maximum atomic E-state index is 11.7. The summed E-state index contributed by atoms with van der Waals surface area (Å²) in [7, 11) is 0. The van der Waals surface area contributed by atoms with Crippen molar-refractivity contribution in [3.63, 3.8) is 0 Å². The maximum Gasteiger partial charge on any atom is 0.326 e.